The molecule has 0 spiro atoms. The van der Waals surface area contributed by atoms with Crippen LogP contribution in [-0.2, 0) is 66.6 Å². The maximum atomic E-state index is 15.1. The van der Waals surface area contributed by atoms with E-state index in [1.165, 1.54) is 14.2 Å². The zero-order chi connectivity index (χ0) is 52.2. The fraction of sp³-hybridized carbons (Fsp3) is 0.824. The number of amidine groups is 1. The summed E-state index contributed by atoms with van der Waals surface area (Å²) < 4.78 is 56.6. The van der Waals surface area contributed by atoms with E-state index in [4.69, 9.17) is 53.2 Å². The molecular weight excluding hydrogens is 911 g/mol. The summed E-state index contributed by atoms with van der Waals surface area (Å²) in [7, 11) is 8.31. The summed E-state index contributed by atoms with van der Waals surface area (Å²) in [6.45, 7) is 17.5. The Morgan fingerprint density at radius 3 is 2.21 bits per heavy atom. The van der Waals surface area contributed by atoms with Gasteiger partial charge in [-0.05, 0) is 106 Å². The number of aliphatic hydroxyl groups is 2. The van der Waals surface area contributed by atoms with Gasteiger partial charge in [-0.25, -0.2) is 4.79 Å². The highest BCUT2D eigenvalue weighted by molar-refractivity contribution is 6.03. The number of carbonyl (C=O) groups is 4. The molecule has 4 fully saturated rings. The number of rotatable bonds is 14. The van der Waals surface area contributed by atoms with Crippen LogP contribution in [0.5, 0.6) is 0 Å². The molecule has 5 rings (SSSR count). The van der Waals surface area contributed by atoms with Gasteiger partial charge < -0.3 is 68.3 Å². The Balaban J connectivity index is 1.58. The van der Waals surface area contributed by atoms with Gasteiger partial charge in [-0.2, -0.15) is 0 Å². The molecule has 0 aromatic rings. The first-order valence-corrected chi connectivity index (χ1v) is 25.0. The lowest BCUT2D eigenvalue weighted by atomic mass is 9.67. The van der Waals surface area contributed by atoms with Crippen LogP contribution in [0, 0.1) is 41.4 Å². The summed E-state index contributed by atoms with van der Waals surface area (Å²) in [5.41, 5.74) is 2.51. The lowest BCUT2D eigenvalue weighted by Crippen LogP contribution is -2.61. The van der Waals surface area contributed by atoms with Gasteiger partial charge in [0.1, 0.15) is 35.8 Å². The first-order valence-electron chi connectivity index (χ1n) is 25.0. The second kappa shape index (κ2) is 23.6. The highest BCUT2D eigenvalue weighted by atomic mass is 16.7. The molecule has 5 aliphatic rings. The molecule has 0 amide bonds. The number of likely N-dealkylation sites (N-methyl/N-ethyl adjacent to an activating group) is 1. The Bertz CT molecular complexity index is 1930. The average Bonchev–Trinajstić information content (AvgIpc) is 3.60. The molecule has 0 bridgehead atoms. The zero-order valence-corrected chi connectivity index (χ0v) is 44.1. The van der Waals surface area contributed by atoms with E-state index in [0.29, 0.717) is 18.6 Å². The quantitative estimate of drug-likeness (QED) is 0.0709. The van der Waals surface area contributed by atoms with Gasteiger partial charge in [0.2, 0.25) is 0 Å². The number of hydrogen-bond donors (Lipinski definition) is 3. The van der Waals surface area contributed by atoms with E-state index in [9.17, 15) is 24.6 Å². The molecule has 20 atom stereocenters. The predicted octanol–water partition coefficient (Wildman–Crippen LogP) is 4.58. The van der Waals surface area contributed by atoms with E-state index >= 15 is 4.79 Å². The lowest BCUT2D eigenvalue weighted by molar-refractivity contribution is -0.319. The van der Waals surface area contributed by atoms with Crippen molar-refractivity contribution in [1.29, 1.82) is 0 Å². The Labute approximate surface area is 414 Å². The van der Waals surface area contributed by atoms with Crippen LogP contribution in [-0.4, -0.2) is 158 Å². The maximum absolute atomic E-state index is 15.1. The summed E-state index contributed by atoms with van der Waals surface area (Å²) in [4.78, 5) is 64.5. The van der Waals surface area contributed by atoms with Gasteiger partial charge >= 0.3 is 17.9 Å². The number of esters is 2. The standard InChI is InChI=1S/C51H83N3O16/c1-16-35-51(10)39(38(47(60)69-51)45(52)53-70-36(55)21-20-32-18-17-19-33(23-32)61-13)28(4)40(56)26(2)24-50(9,63-15)44(68-48-41(57)34(54(11)12)22-27(3)64-48)29(5)42(30(6)46(59)66-35)67-37-25-49(8,62-14)43(58)31(7)65-37/h17,19,23,26-32,34-35,37-39,41-44,48,57-58H,16,18,20-22,24-25H2,1-15H3,(H2,52,53)/t26-,27?,28-,29+,30-,31?,32?,34?,35-,37?,38?,39?,41?,42+,43?,44-,48?,49?,50+,51-/m1/s1. The van der Waals surface area contributed by atoms with E-state index in [1.807, 2.05) is 51.1 Å². The van der Waals surface area contributed by atoms with Crippen LogP contribution in [0.25, 0.3) is 0 Å². The fourth-order valence-corrected chi connectivity index (χ4v) is 11.7. The SMILES string of the molecule is CC[C@H]1OC(=O)[C@H](C)[C@@H](OC2CC(C)(OC)C(O)C(C)O2)[C@H](C)[C@@H](OC2OC(C)CC(N(C)C)C2O)[C@@](C)(OC)C[C@@H](C)C(=O)[C@H](C)C2C(/C(N)=N\OC(=O)CCC3C=C(OC)C=CC3)C(=O)O[C@@]21C. The molecule has 70 heavy (non-hydrogen) atoms. The number of allylic oxidation sites excluding steroid dienone is 3. The molecule has 19 nitrogen and oxygen atoms in total. The topological polar surface area (TPSA) is 243 Å². The number of Topliss-reactive ketones (excluding diaryl/α,β-unsaturated/α-hetero) is 1. The van der Waals surface area contributed by atoms with E-state index in [-0.39, 0.29) is 55.4 Å². The van der Waals surface area contributed by atoms with Gasteiger partial charge in [-0.1, -0.05) is 38.9 Å². The number of aliphatic hydroxyl groups excluding tert-OH is 2. The van der Waals surface area contributed by atoms with Crippen LogP contribution in [0.3, 0.4) is 0 Å². The number of nitrogens with zero attached hydrogens (tertiary/aromatic N) is 2. The molecule has 11 unspecified atom stereocenters. The molecule has 4 saturated heterocycles. The number of nitrogens with two attached hydrogens (primary N) is 1. The van der Waals surface area contributed by atoms with Crippen molar-refractivity contribution in [3.8, 4) is 0 Å². The van der Waals surface area contributed by atoms with Gasteiger partial charge in [0.15, 0.2) is 24.0 Å². The van der Waals surface area contributed by atoms with Crippen LogP contribution in [0.2, 0.25) is 0 Å². The molecule has 4 aliphatic heterocycles. The number of hydrogen-bond acceptors (Lipinski definition) is 18. The summed E-state index contributed by atoms with van der Waals surface area (Å²) in [6, 6.07) is -0.334. The second-order valence-electron chi connectivity index (χ2n) is 21.3. The van der Waals surface area contributed by atoms with Crippen molar-refractivity contribution in [3.05, 3.63) is 24.0 Å². The number of methoxy groups -OCH3 is 3. The molecule has 1 aliphatic carbocycles. The number of cyclic esters (lactones) is 1. The van der Waals surface area contributed by atoms with Crippen LogP contribution >= 0.6 is 0 Å². The highest BCUT2D eigenvalue weighted by Gasteiger charge is 2.63. The molecule has 4 heterocycles. The Kier molecular flexibility index (Phi) is 19.3. The van der Waals surface area contributed by atoms with Gasteiger partial charge in [-0.15, -0.1) is 0 Å². The highest BCUT2D eigenvalue weighted by Crippen LogP contribution is 2.49. The molecule has 0 radical (unpaired) electrons. The zero-order valence-electron chi connectivity index (χ0n) is 44.1. The van der Waals surface area contributed by atoms with Crippen molar-refractivity contribution < 1.29 is 76.9 Å². The maximum Gasteiger partial charge on any atom is 0.335 e. The van der Waals surface area contributed by atoms with Crippen molar-refractivity contribution in [2.45, 2.75) is 192 Å². The fourth-order valence-electron chi connectivity index (χ4n) is 11.7. The minimum atomic E-state index is -1.64. The number of ketones is 1. The molecule has 0 aromatic heterocycles. The third kappa shape index (κ3) is 12.3. The van der Waals surface area contributed by atoms with Crippen molar-refractivity contribution in [2.24, 2.45) is 52.3 Å². The molecule has 0 aromatic carbocycles. The minimum absolute atomic E-state index is 0.00439. The Morgan fingerprint density at radius 2 is 1.60 bits per heavy atom. The third-order valence-corrected chi connectivity index (χ3v) is 16.0. The molecule has 398 valence electrons. The van der Waals surface area contributed by atoms with E-state index in [2.05, 4.69) is 5.16 Å². The van der Waals surface area contributed by atoms with Crippen LogP contribution in [0.4, 0.5) is 0 Å². The summed E-state index contributed by atoms with van der Waals surface area (Å²) in [5, 5.41) is 26.9. The first kappa shape index (κ1) is 57.4. The third-order valence-electron chi connectivity index (χ3n) is 16.0. The molecule has 19 heteroatoms. The van der Waals surface area contributed by atoms with Crippen LogP contribution in [0.1, 0.15) is 114 Å². The van der Waals surface area contributed by atoms with Crippen molar-refractivity contribution in [2.75, 3.05) is 35.4 Å². The van der Waals surface area contributed by atoms with Gasteiger partial charge in [0.25, 0.3) is 0 Å². The number of oxime groups is 1. The van der Waals surface area contributed by atoms with E-state index in [1.54, 1.807) is 62.5 Å². The lowest BCUT2D eigenvalue weighted by Gasteiger charge is -2.50. The monoisotopic (exact) mass is 994 g/mol. The summed E-state index contributed by atoms with van der Waals surface area (Å²) >= 11 is 0. The van der Waals surface area contributed by atoms with E-state index < -0.39 is 119 Å². The number of fused-ring (bicyclic) bond motifs is 1. The largest absolute Gasteiger partial charge is 0.497 e. The predicted molar refractivity (Wildman–Crippen MR) is 255 cm³/mol. The van der Waals surface area contributed by atoms with Gasteiger partial charge in [0, 0.05) is 56.8 Å². The van der Waals surface area contributed by atoms with Crippen LogP contribution in [0.15, 0.2) is 29.1 Å². The average molecular weight is 994 g/mol. The summed E-state index contributed by atoms with van der Waals surface area (Å²) in [6.07, 6.45) is -0.817. The Morgan fingerprint density at radius 1 is 0.929 bits per heavy atom. The van der Waals surface area contributed by atoms with Crippen molar-refractivity contribution >= 4 is 29.5 Å². The number of ether oxygens (including phenoxy) is 9. The molecular formula is C51H83N3O16. The van der Waals surface area contributed by atoms with Crippen LogP contribution < -0.4 is 5.73 Å². The smallest absolute Gasteiger partial charge is 0.335 e. The normalized spacial score (nSPS) is 43.4. The molecule has 4 N–H and O–H groups in total. The van der Waals surface area contributed by atoms with Gasteiger partial charge in [0.05, 0.1) is 48.6 Å². The van der Waals surface area contributed by atoms with E-state index in [0.717, 1.165) is 6.42 Å². The Hall–Kier alpha value is -3.53. The summed E-state index contributed by atoms with van der Waals surface area (Å²) in [5.74, 6) is -8.24. The first-order chi connectivity index (χ1) is 32.8. The van der Waals surface area contributed by atoms with Gasteiger partial charge in [-0.3, -0.25) is 14.4 Å². The minimum Gasteiger partial charge on any atom is -0.497 e. The second-order valence-corrected chi connectivity index (χ2v) is 21.3. The number of carbonyl (C=O) groups excluding carboxylic acids is 4. The van der Waals surface area contributed by atoms with Crippen molar-refractivity contribution in [1.82, 2.24) is 4.90 Å². The molecule has 0 saturated carbocycles. The van der Waals surface area contributed by atoms with Crippen molar-refractivity contribution in [3.63, 3.8) is 0 Å².